The molecule has 2 heterocycles. The van der Waals surface area contributed by atoms with Gasteiger partial charge >= 0.3 is 0 Å². The Bertz CT molecular complexity index is 1460. The molecule has 0 fully saturated rings. The third-order valence-electron chi connectivity index (χ3n) is 5.25. The fourth-order valence-corrected chi connectivity index (χ4v) is 3.86. The number of hydrogen-bond donors (Lipinski definition) is 2. The summed E-state index contributed by atoms with van der Waals surface area (Å²) < 4.78 is 10.9. The summed E-state index contributed by atoms with van der Waals surface area (Å²) in [5.41, 5.74) is 5.31. The molecule has 5 aromatic rings. The summed E-state index contributed by atoms with van der Waals surface area (Å²) in [4.78, 5) is 16.9. The molecule has 0 radical (unpaired) electrons. The zero-order chi connectivity index (χ0) is 22.2. The lowest BCUT2D eigenvalue weighted by atomic mass is 10.1. The Labute approximate surface area is 189 Å². The SMILES string of the molecule is COc1cc(OC)c2ncnc(Nc3ccc(Cl)c(-c4nc5ccc(C)cc5[nH]4)c3)c2c1. The van der Waals surface area contributed by atoms with E-state index >= 15 is 0 Å². The maximum atomic E-state index is 6.52. The van der Waals surface area contributed by atoms with Crippen LogP contribution in [0.25, 0.3) is 33.3 Å². The number of aromatic nitrogens is 4. The molecular formula is C24H20ClN5O2. The van der Waals surface area contributed by atoms with Crippen LogP contribution in [-0.2, 0) is 0 Å². The van der Waals surface area contributed by atoms with Crippen molar-refractivity contribution in [2.24, 2.45) is 0 Å². The average molecular weight is 446 g/mol. The first kappa shape index (κ1) is 20.1. The summed E-state index contributed by atoms with van der Waals surface area (Å²) in [6.45, 7) is 2.05. The lowest BCUT2D eigenvalue weighted by Crippen LogP contribution is -1.99. The topological polar surface area (TPSA) is 84.9 Å². The Morgan fingerprint density at radius 3 is 2.66 bits per heavy atom. The molecule has 0 aliphatic heterocycles. The van der Waals surface area contributed by atoms with E-state index in [-0.39, 0.29) is 0 Å². The van der Waals surface area contributed by atoms with E-state index in [4.69, 9.17) is 26.1 Å². The number of nitrogens with zero attached hydrogens (tertiary/aromatic N) is 3. The van der Waals surface area contributed by atoms with Crippen LogP contribution < -0.4 is 14.8 Å². The van der Waals surface area contributed by atoms with Crippen molar-refractivity contribution in [2.45, 2.75) is 6.92 Å². The Morgan fingerprint density at radius 1 is 0.969 bits per heavy atom. The highest BCUT2D eigenvalue weighted by atomic mass is 35.5. The monoisotopic (exact) mass is 445 g/mol. The maximum absolute atomic E-state index is 6.52. The van der Waals surface area contributed by atoms with E-state index in [1.54, 1.807) is 20.3 Å². The van der Waals surface area contributed by atoms with Gasteiger partial charge in [-0.1, -0.05) is 17.7 Å². The summed E-state index contributed by atoms with van der Waals surface area (Å²) in [6.07, 6.45) is 1.50. The third-order valence-corrected chi connectivity index (χ3v) is 5.58. The first-order valence-corrected chi connectivity index (χ1v) is 10.3. The molecule has 0 atom stereocenters. The molecule has 3 aromatic carbocycles. The molecule has 5 rings (SSSR count). The molecule has 0 saturated carbocycles. The van der Waals surface area contributed by atoms with Crippen molar-refractivity contribution < 1.29 is 9.47 Å². The minimum Gasteiger partial charge on any atom is -0.497 e. The van der Waals surface area contributed by atoms with Gasteiger partial charge in [-0.15, -0.1) is 0 Å². The normalized spacial score (nSPS) is 11.1. The number of aromatic amines is 1. The standard InChI is InChI=1S/C24H20ClN5O2/c1-13-4-7-19-20(8-13)30-24(29-19)16-9-14(5-6-18(16)25)28-23-17-10-15(31-2)11-21(32-3)22(17)26-12-27-23/h4-12H,1-3H3,(H,29,30)(H,26,27,28). The molecule has 7 nitrogen and oxygen atoms in total. The third kappa shape index (κ3) is 3.56. The Balaban J connectivity index is 1.57. The average Bonchev–Trinajstić information content (AvgIpc) is 3.22. The van der Waals surface area contributed by atoms with E-state index in [0.29, 0.717) is 33.7 Å². The van der Waals surface area contributed by atoms with Crippen LogP contribution in [0.5, 0.6) is 11.5 Å². The van der Waals surface area contributed by atoms with Crippen molar-refractivity contribution in [1.29, 1.82) is 0 Å². The highest BCUT2D eigenvalue weighted by Gasteiger charge is 2.14. The molecule has 32 heavy (non-hydrogen) atoms. The molecule has 2 N–H and O–H groups in total. The van der Waals surface area contributed by atoms with Crippen molar-refractivity contribution >= 4 is 45.0 Å². The fraction of sp³-hybridized carbons (Fsp3) is 0.125. The highest BCUT2D eigenvalue weighted by Crippen LogP contribution is 2.35. The number of H-pyrrole nitrogens is 1. The maximum Gasteiger partial charge on any atom is 0.148 e. The van der Waals surface area contributed by atoms with Gasteiger partial charge in [0, 0.05) is 17.3 Å². The van der Waals surface area contributed by atoms with Crippen LogP contribution in [0.15, 0.2) is 54.9 Å². The van der Waals surface area contributed by atoms with E-state index in [1.807, 2.05) is 43.3 Å². The molecule has 0 aliphatic rings. The largest absolute Gasteiger partial charge is 0.497 e. The Kier molecular flexibility index (Phi) is 5.03. The quantitative estimate of drug-likeness (QED) is 0.350. The van der Waals surface area contributed by atoms with Crippen molar-refractivity contribution in [3.63, 3.8) is 0 Å². The van der Waals surface area contributed by atoms with Crippen LogP contribution in [0.2, 0.25) is 5.02 Å². The Morgan fingerprint density at radius 2 is 1.84 bits per heavy atom. The van der Waals surface area contributed by atoms with Gasteiger partial charge in [-0.05, 0) is 48.9 Å². The number of methoxy groups -OCH3 is 2. The highest BCUT2D eigenvalue weighted by molar-refractivity contribution is 6.33. The molecule has 0 spiro atoms. The van der Waals surface area contributed by atoms with Crippen molar-refractivity contribution in [3.05, 3.63) is 65.4 Å². The number of imidazole rings is 1. The number of benzene rings is 3. The zero-order valence-corrected chi connectivity index (χ0v) is 18.5. The molecule has 0 unspecified atom stereocenters. The fourth-order valence-electron chi connectivity index (χ4n) is 3.66. The summed E-state index contributed by atoms with van der Waals surface area (Å²) in [5, 5.41) is 4.74. The minimum absolute atomic E-state index is 0.599. The summed E-state index contributed by atoms with van der Waals surface area (Å²) in [7, 11) is 3.21. The summed E-state index contributed by atoms with van der Waals surface area (Å²) in [5.74, 6) is 2.59. The lowest BCUT2D eigenvalue weighted by Gasteiger charge is -2.13. The van der Waals surface area contributed by atoms with E-state index in [9.17, 15) is 0 Å². The van der Waals surface area contributed by atoms with Crippen molar-refractivity contribution in [1.82, 2.24) is 19.9 Å². The van der Waals surface area contributed by atoms with Crippen molar-refractivity contribution in [2.75, 3.05) is 19.5 Å². The molecule has 0 aliphatic carbocycles. The first-order chi connectivity index (χ1) is 15.6. The number of rotatable bonds is 5. The van der Waals surface area contributed by atoms with E-state index in [1.165, 1.54) is 6.33 Å². The second-order valence-electron chi connectivity index (χ2n) is 7.37. The van der Waals surface area contributed by atoms with E-state index in [0.717, 1.165) is 33.2 Å². The minimum atomic E-state index is 0.599. The van der Waals surface area contributed by atoms with Gasteiger partial charge in [-0.25, -0.2) is 15.0 Å². The van der Waals surface area contributed by atoms with Gasteiger partial charge in [0.2, 0.25) is 0 Å². The summed E-state index contributed by atoms with van der Waals surface area (Å²) in [6, 6.07) is 15.4. The number of fused-ring (bicyclic) bond motifs is 2. The molecule has 0 amide bonds. The van der Waals surface area contributed by atoms with Crippen LogP contribution in [0.4, 0.5) is 11.5 Å². The molecular weight excluding hydrogens is 426 g/mol. The smallest absolute Gasteiger partial charge is 0.148 e. The molecule has 0 bridgehead atoms. The van der Waals surface area contributed by atoms with Gasteiger partial charge in [-0.2, -0.15) is 0 Å². The summed E-state index contributed by atoms with van der Waals surface area (Å²) >= 11 is 6.52. The van der Waals surface area contributed by atoms with Crippen LogP contribution in [0.1, 0.15) is 5.56 Å². The zero-order valence-electron chi connectivity index (χ0n) is 17.7. The van der Waals surface area contributed by atoms with Gasteiger partial charge in [0.1, 0.15) is 35.0 Å². The molecule has 160 valence electrons. The van der Waals surface area contributed by atoms with E-state index in [2.05, 4.69) is 26.3 Å². The number of anilines is 2. The van der Waals surface area contributed by atoms with Gasteiger partial charge < -0.3 is 19.8 Å². The van der Waals surface area contributed by atoms with Gasteiger partial charge in [0.25, 0.3) is 0 Å². The molecule has 8 heteroatoms. The van der Waals surface area contributed by atoms with Gasteiger partial charge in [-0.3, -0.25) is 0 Å². The van der Waals surface area contributed by atoms with Crippen LogP contribution >= 0.6 is 11.6 Å². The number of halogens is 1. The number of hydrogen-bond acceptors (Lipinski definition) is 6. The van der Waals surface area contributed by atoms with Crippen LogP contribution in [-0.4, -0.2) is 34.2 Å². The predicted octanol–water partition coefficient (Wildman–Crippen LogP) is 5.90. The number of nitrogens with one attached hydrogen (secondary N) is 2. The molecule has 2 aromatic heterocycles. The molecule has 0 saturated heterocycles. The number of ether oxygens (including phenoxy) is 2. The number of aryl methyl sites for hydroxylation is 1. The van der Waals surface area contributed by atoms with E-state index < -0.39 is 0 Å². The van der Waals surface area contributed by atoms with Crippen LogP contribution in [0.3, 0.4) is 0 Å². The predicted molar refractivity (Wildman–Crippen MR) is 127 cm³/mol. The Hall–Kier alpha value is -3.84. The van der Waals surface area contributed by atoms with Crippen LogP contribution in [0, 0.1) is 6.92 Å². The second-order valence-corrected chi connectivity index (χ2v) is 7.78. The lowest BCUT2D eigenvalue weighted by molar-refractivity contribution is 0.397. The van der Waals surface area contributed by atoms with Gasteiger partial charge in [0.15, 0.2) is 0 Å². The van der Waals surface area contributed by atoms with Gasteiger partial charge in [0.05, 0.1) is 35.7 Å². The van der Waals surface area contributed by atoms with Crippen molar-refractivity contribution in [3.8, 4) is 22.9 Å². The first-order valence-electron chi connectivity index (χ1n) is 9.96. The second kappa shape index (κ2) is 8.01.